The van der Waals surface area contributed by atoms with Crippen LogP contribution in [-0.2, 0) is 0 Å². The van der Waals surface area contributed by atoms with Crippen LogP contribution in [0.15, 0.2) is 0 Å². The Hall–Kier alpha value is -0.0800. The van der Waals surface area contributed by atoms with Crippen LogP contribution in [-0.4, -0.2) is 48.6 Å². The lowest BCUT2D eigenvalue weighted by atomic mass is 9.66. The van der Waals surface area contributed by atoms with Crippen LogP contribution in [0, 0.1) is 17.3 Å². The fourth-order valence-electron chi connectivity index (χ4n) is 5.94. The van der Waals surface area contributed by atoms with Crippen molar-refractivity contribution in [3.8, 4) is 0 Å². The molecule has 0 aromatic heterocycles. The zero-order chi connectivity index (χ0) is 17.9. The smallest absolute Gasteiger partial charge is 0.00953 e. The average molecular weight is 349 g/mol. The Morgan fingerprint density at radius 3 is 1.96 bits per heavy atom. The van der Waals surface area contributed by atoms with Crippen molar-refractivity contribution in [3.05, 3.63) is 0 Å². The Kier molecular flexibility index (Phi) is 6.88. The minimum atomic E-state index is 0.698. The molecule has 2 aliphatic carbocycles. The number of hydrogen-bond acceptors (Lipinski definition) is 2. The molecule has 2 saturated carbocycles. The third-order valence-corrected chi connectivity index (χ3v) is 8.38. The minimum Gasteiger partial charge on any atom is -0.303 e. The normalized spacial score (nSPS) is 31.9. The summed E-state index contributed by atoms with van der Waals surface area (Å²) in [6, 6.07) is 1.54. The molecule has 1 saturated heterocycles. The van der Waals surface area contributed by atoms with Gasteiger partial charge < -0.3 is 9.80 Å². The van der Waals surface area contributed by atoms with Gasteiger partial charge in [0.25, 0.3) is 0 Å². The van der Waals surface area contributed by atoms with E-state index in [0.717, 1.165) is 17.9 Å². The summed E-state index contributed by atoms with van der Waals surface area (Å²) in [6.45, 7) is 11.2. The Morgan fingerprint density at radius 2 is 1.44 bits per heavy atom. The summed E-state index contributed by atoms with van der Waals surface area (Å²) in [4.78, 5) is 5.45. The van der Waals surface area contributed by atoms with E-state index in [1.165, 1.54) is 90.3 Å². The number of piperidine rings is 1. The van der Waals surface area contributed by atoms with Gasteiger partial charge in [-0.05, 0) is 103 Å². The van der Waals surface area contributed by atoms with Crippen LogP contribution in [0.2, 0.25) is 0 Å². The van der Waals surface area contributed by atoms with Gasteiger partial charge in [-0.1, -0.05) is 26.2 Å². The van der Waals surface area contributed by atoms with Crippen molar-refractivity contribution in [1.82, 2.24) is 9.80 Å². The first kappa shape index (κ1) is 19.7. The van der Waals surface area contributed by atoms with Crippen molar-refractivity contribution >= 4 is 0 Å². The van der Waals surface area contributed by atoms with Gasteiger partial charge in [-0.15, -0.1) is 0 Å². The van der Waals surface area contributed by atoms with Crippen molar-refractivity contribution < 1.29 is 0 Å². The molecule has 146 valence electrons. The number of likely N-dealkylation sites (tertiary alicyclic amines) is 1. The van der Waals surface area contributed by atoms with Gasteiger partial charge in [0.15, 0.2) is 0 Å². The highest BCUT2D eigenvalue weighted by Crippen LogP contribution is 2.46. The fourth-order valence-corrected chi connectivity index (χ4v) is 5.94. The lowest BCUT2D eigenvalue weighted by Gasteiger charge is -2.48. The molecule has 0 bridgehead atoms. The topological polar surface area (TPSA) is 6.48 Å². The molecule has 0 atom stereocenters. The van der Waals surface area contributed by atoms with Gasteiger partial charge in [-0.25, -0.2) is 0 Å². The maximum Gasteiger partial charge on any atom is 0.00953 e. The Bertz CT molecular complexity index is 379. The molecular formula is C23H44N2. The average Bonchev–Trinajstić information content (AvgIpc) is 2.64. The first-order chi connectivity index (χ1) is 12.0. The molecule has 0 N–H and O–H groups in total. The number of nitrogens with zero attached hydrogens (tertiary/aromatic N) is 2. The molecule has 3 fully saturated rings. The van der Waals surface area contributed by atoms with Crippen molar-refractivity contribution in [2.75, 3.05) is 26.7 Å². The summed E-state index contributed by atoms with van der Waals surface area (Å²) in [5.74, 6) is 2.05. The summed E-state index contributed by atoms with van der Waals surface area (Å²) in [5, 5.41) is 0. The molecule has 3 aliphatic rings. The van der Waals surface area contributed by atoms with Crippen LogP contribution in [0.3, 0.4) is 0 Å². The van der Waals surface area contributed by atoms with E-state index in [9.17, 15) is 0 Å². The van der Waals surface area contributed by atoms with E-state index in [0.29, 0.717) is 11.5 Å². The summed E-state index contributed by atoms with van der Waals surface area (Å²) in [5.41, 5.74) is 0.713. The van der Waals surface area contributed by atoms with Crippen LogP contribution in [0.25, 0.3) is 0 Å². The molecule has 25 heavy (non-hydrogen) atoms. The van der Waals surface area contributed by atoms with E-state index in [2.05, 4.69) is 37.6 Å². The van der Waals surface area contributed by atoms with Crippen LogP contribution >= 0.6 is 0 Å². The summed E-state index contributed by atoms with van der Waals surface area (Å²) < 4.78 is 0. The largest absolute Gasteiger partial charge is 0.303 e. The first-order valence-electron chi connectivity index (χ1n) is 11.5. The van der Waals surface area contributed by atoms with Gasteiger partial charge in [0.2, 0.25) is 0 Å². The summed E-state index contributed by atoms with van der Waals surface area (Å²) in [7, 11) is 2.34. The van der Waals surface area contributed by atoms with Gasteiger partial charge in [-0.2, -0.15) is 0 Å². The highest BCUT2D eigenvalue weighted by Gasteiger charge is 2.39. The van der Waals surface area contributed by atoms with Crippen LogP contribution in [0.5, 0.6) is 0 Å². The van der Waals surface area contributed by atoms with Crippen molar-refractivity contribution in [3.63, 3.8) is 0 Å². The van der Waals surface area contributed by atoms with Gasteiger partial charge in [-0.3, -0.25) is 0 Å². The predicted molar refractivity (Wildman–Crippen MR) is 109 cm³/mol. The monoisotopic (exact) mass is 348 g/mol. The minimum absolute atomic E-state index is 0.698. The first-order valence-corrected chi connectivity index (χ1v) is 11.5. The fraction of sp³-hybridized carbons (Fsp3) is 1.00. The van der Waals surface area contributed by atoms with Crippen LogP contribution in [0.4, 0.5) is 0 Å². The molecule has 0 aromatic carbocycles. The molecule has 0 radical (unpaired) electrons. The molecule has 0 aromatic rings. The van der Waals surface area contributed by atoms with E-state index in [4.69, 9.17) is 0 Å². The van der Waals surface area contributed by atoms with Crippen molar-refractivity contribution in [2.45, 2.75) is 103 Å². The highest BCUT2D eigenvalue weighted by atomic mass is 15.2. The number of rotatable bonds is 5. The molecule has 1 spiro atoms. The summed E-state index contributed by atoms with van der Waals surface area (Å²) in [6.07, 6.45) is 16.2. The Labute approximate surface area is 157 Å². The molecule has 3 rings (SSSR count). The van der Waals surface area contributed by atoms with E-state index in [1.54, 1.807) is 0 Å². The zero-order valence-corrected chi connectivity index (χ0v) is 17.6. The molecule has 2 heteroatoms. The molecule has 1 aliphatic heterocycles. The van der Waals surface area contributed by atoms with Crippen molar-refractivity contribution in [1.29, 1.82) is 0 Å². The molecule has 0 amide bonds. The second-order valence-corrected chi connectivity index (χ2v) is 10.1. The second kappa shape index (κ2) is 8.74. The van der Waals surface area contributed by atoms with Gasteiger partial charge in [0.05, 0.1) is 0 Å². The zero-order valence-electron chi connectivity index (χ0n) is 17.6. The highest BCUT2D eigenvalue weighted by molar-refractivity contribution is 4.93. The van der Waals surface area contributed by atoms with Gasteiger partial charge in [0.1, 0.15) is 0 Å². The molecule has 2 nitrogen and oxygen atoms in total. The molecule has 1 heterocycles. The predicted octanol–water partition coefficient (Wildman–Crippen LogP) is 5.57. The Morgan fingerprint density at radius 1 is 0.880 bits per heavy atom. The SMILES string of the molecule is CCC1CCC(CN2CCC3(CCC(N(C)C(C)C)CC3)CC2)CC1. The maximum atomic E-state index is 2.83. The van der Waals surface area contributed by atoms with Gasteiger partial charge >= 0.3 is 0 Å². The third-order valence-electron chi connectivity index (χ3n) is 8.38. The molecular weight excluding hydrogens is 304 g/mol. The van der Waals surface area contributed by atoms with Crippen LogP contribution in [0.1, 0.15) is 91.4 Å². The second-order valence-electron chi connectivity index (χ2n) is 10.1. The van der Waals surface area contributed by atoms with Gasteiger partial charge in [0, 0.05) is 18.6 Å². The van der Waals surface area contributed by atoms with E-state index >= 15 is 0 Å². The quantitative estimate of drug-likeness (QED) is 0.641. The number of hydrogen-bond donors (Lipinski definition) is 0. The maximum absolute atomic E-state index is 2.83. The van der Waals surface area contributed by atoms with Crippen molar-refractivity contribution in [2.24, 2.45) is 17.3 Å². The van der Waals surface area contributed by atoms with E-state index < -0.39 is 0 Å². The van der Waals surface area contributed by atoms with E-state index in [-0.39, 0.29) is 0 Å². The van der Waals surface area contributed by atoms with E-state index in [1.807, 2.05) is 0 Å². The molecule has 0 unspecified atom stereocenters. The Balaban J connectivity index is 1.39. The standard InChI is InChI=1S/C23H44N2/c1-5-20-6-8-21(9-7-20)18-25-16-14-23(15-17-25)12-10-22(11-13-23)24(4)19(2)3/h19-22H,5-18H2,1-4H3. The lowest BCUT2D eigenvalue weighted by Crippen LogP contribution is -2.47. The summed E-state index contributed by atoms with van der Waals surface area (Å²) >= 11 is 0. The third kappa shape index (κ3) is 5.01. The van der Waals surface area contributed by atoms with Crippen LogP contribution < -0.4 is 0 Å². The lowest BCUT2D eigenvalue weighted by molar-refractivity contribution is 0.0250.